The van der Waals surface area contributed by atoms with Gasteiger partial charge in [0.15, 0.2) is 0 Å². The molecule has 0 saturated carbocycles. The van der Waals surface area contributed by atoms with Crippen molar-refractivity contribution in [1.82, 2.24) is 9.97 Å². The summed E-state index contributed by atoms with van der Waals surface area (Å²) in [5, 5.41) is 1.29. The Balaban J connectivity index is 2.21. The van der Waals surface area contributed by atoms with Gasteiger partial charge in [0, 0.05) is 17.1 Å². The van der Waals surface area contributed by atoms with Crippen LogP contribution in [0.2, 0.25) is 0 Å². The van der Waals surface area contributed by atoms with Crippen molar-refractivity contribution < 1.29 is 4.74 Å². The molecule has 4 nitrogen and oxygen atoms in total. The first-order valence-corrected chi connectivity index (χ1v) is 8.47. The smallest absolute Gasteiger partial charge is 0.222 e. The molecule has 24 heavy (non-hydrogen) atoms. The van der Waals surface area contributed by atoms with E-state index in [0.29, 0.717) is 5.88 Å². The van der Waals surface area contributed by atoms with Gasteiger partial charge in [-0.05, 0) is 68.5 Å². The minimum absolute atomic E-state index is 0.651. The van der Waals surface area contributed by atoms with Gasteiger partial charge < -0.3 is 15.5 Å². The molecule has 1 aromatic carbocycles. The second-order valence-corrected chi connectivity index (χ2v) is 6.21. The van der Waals surface area contributed by atoms with E-state index in [1.54, 1.807) is 13.3 Å². The molecule has 2 heterocycles. The summed E-state index contributed by atoms with van der Waals surface area (Å²) in [5.41, 5.74) is 12.9. The average molecular weight is 323 g/mol. The summed E-state index contributed by atoms with van der Waals surface area (Å²) < 4.78 is 5.48. The van der Waals surface area contributed by atoms with Gasteiger partial charge in [0.2, 0.25) is 5.88 Å². The van der Waals surface area contributed by atoms with Crippen LogP contribution in [-0.4, -0.2) is 23.6 Å². The molecule has 0 atom stereocenters. The van der Waals surface area contributed by atoms with Crippen molar-refractivity contribution in [2.24, 2.45) is 5.73 Å². The van der Waals surface area contributed by atoms with Crippen LogP contribution in [0.25, 0.3) is 22.2 Å². The van der Waals surface area contributed by atoms with Crippen LogP contribution in [0.15, 0.2) is 30.5 Å². The van der Waals surface area contributed by atoms with Crippen LogP contribution in [0.5, 0.6) is 5.88 Å². The van der Waals surface area contributed by atoms with Gasteiger partial charge in [0.05, 0.1) is 18.4 Å². The molecule has 0 saturated heterocycles. The summed E-state index contributed by atoms with van der Waals surface area (Å²) in [7, 11) is 1.66. The molecule has 0 bridgehead atoms. The molecule has 0 fully saturated rings. The molecule has 0 aliphatic heterocycles. The second-order valence-electron chi connectivity index (χ2n) is 6.21. The summed E-state index contributed by atoms with van der Waals surface area (Å²) in [6.07, 6.45) is 4.86. The number of nitrogens with zero attached hydrogens (tertiary/aromatic N) is 1. The number of pyridine rings is 1. The normalized spacial score (nSPS) is 11.2. The highest BCUT2D eigenvalue weighted by Gasteiger charge is 2.18. The third-order valence-corrected chi connectivity index (χ3v) is 4.73. The lowest BCUT2D eigenvalue weighted by Crippen LogP contribution is -1.99. The Kier molecular flexibility index (Phi) is 4.86. The van der Waals surface area contributed by atoms with Gasteiger partial charge in [-0.25, -0.2) is 4.98 Å². The lowest BCUT2D eigenvalue weighted by Gasteiger charge is -2.08. The van der Waals surface area contributed by atoms with Gasteiger partial charge >= 0.3 is 0 Å². The molecule has 3 N–H and O–H groups in total. The number of hydrogen-bond acceptors (Lipinski definition) is 3. The number of nitrogens with two attached hydrogens (primary N) is 1. The van der Waals surface area contributed by atoms with E-state index in [1.807, 2.05) is 6.07 Å². The first kappa shape index (κ1) is 16.5. The molecular formula is C20H25N3O. The van der Waals surface area contributed by atoms with Crippen LogP contribution < -0.4 is 10.5 Å². The van der Waals surface area contributed by atoms with E-state index in [-0.39, 0.29) is 0 Å². The van der Waals surface area contributed by atoms with E-state index >= 15 is 0 Å². The van der Waals surface area contributed by atoms with Crippen LogP contribution in [0.1, 0.15) is 29.5 Å². The number of benzene rings is 1. The van der Waals surface area contributed by atoms with E-state index in [1.165, 1.54) is 27.6 Å². The van der Waals surface area contributed by atoms with Crippen LogP contribution in [0.3, 0.4) is 0 Å². The molecule has 0 aliphatic carbocycles. The number of fused-ring (bicyclic) bond motifs is 1. The fourth-order valence-electron chi connectivity index (χ4n) is 3.24. The van der Waals surface area contributed by atoms with Gasteiger partial charge in [0.25, 0.3) is 0 Å². The number of aromatic amines is 1. The third kappa shape index (κ3) is 2.89. The molecule has 0 amide bonds. The Morgan fingerprint density at radius 2 is 2.00 bits per heavy atom. The van der Waals surface area contributed by atoms with Crippen molar-refractivity contribution in [3.05, 3.63) is 47.2 Å². The Hall–Kier alpha value is -2.33. The summed E-state index contributed by atoms with van der Waals surface area (Å²) in [6, 6.07) is 8.43. The van der Waals surface area contributed by atoms with E-state index in [2.05, 4.69) is 42.0 Å². The van der Waals surface area contributed by atoms with Crippen molar-refractivity contribution in [2.75, 3.05) is 13.7 Å². The molecule has 3 rings (SSSR count). The summed E-state index contributed by atoms with van der Waals surface area (Å²) in [4.78, 5) is 8.00. The Morgan fingerprint density at radius 1 is 1.17 bits per heavy atom. The predicted octanol–water partition coefficient (Wildman–Crippen LogP) is 4.14. The van der Waals surface area contributed by atoms with Crippen LogP contribution in [0.4, 0.5) is 0 Å². The van der Waals surface area contributed by atoms with Gasteiger partial charge in [-0.3, -0.25) is 0 Å². The molecular weight excluding hydrogens is 298 g/mol. The summed E-state index contributed by atoms with van der Waals surface area (Å²) >= 11 is 0. The van der Waals surface area contributed by atoms with Crippen molar-refractivity contribution >= 4 is 10.9 Å². The largest absolute Gasteiger partial charge is 0.481 e. The van der Waals surface area contributed by atoms with Gasteiger partial charge in [-0.2, -0.15) is 0 Å². The minimum atomic E-state index is 0.651. The van der Waals surface area contributed by atoms with Crippen LogP contribution in [0, 0.1) is 13.8 Å². The van der Waals surface area contributed by atoms with Gasteiger partial charge in [-0.1, -0.05) is 12.1 Å². The lowest BCUT2D eigenvalue weighted by atomic mass is 9.98. The first-order valence-electron chi connectivity index (χ1n) is 8.47. The number of unbranched alkanes of at least 4 members (excludes halogenated alkanes) is 1. The number of H-pyrrole nitrogens is 1. The standard InChI is InChI=1S/C20H25N3O/c1-13-9-10-16-15(7-4-5-11-21)19(23-18(16)14(13)2)17-8-6-12-22-20(17)24-3/h6,8-10,12,23H,4-5,7,11,21H2,1-3H3. The SMILES string of the molecule is COc1ncccc1-c1[nH]c2c(C)c(C)ccc2c1CCCCN. The molecule has 126 valence electrons. The Labute approximate surface area is 143 Å². The molecule has 0 aliphatic rings. The highest BCUT2D eigenvalue weighted by Crippen LogP contribution is 2.36. The molecule has 0 spiro atoms. The maximum atomic E-state index is 5.68. The fraction of sp³-hybridized carbons (Fsp3) is 0.350. The van der Waals surface area contributed by atoms with E-state index < -0.39 is 0 Å². The Morgan fingerprint density at radius 3 is 2.75 bits per heavy atom. The number of nitrogens with one attached hydrogen (secondary N) is 1. The average Bonchev–Trinajstić information content (AvgIpc) is 2.97. The predicted molar refractivity (Wildman–Crippen MR) is 99.5 cm³/mol. The van der Waals surface area contributed by atoms with Crippen LogP contribution in [-0.2, 0) is 6.42 Å². The number of rotatable bonds is 6. The van der Waals surface area contributed by atoms with Crippen molar-refractivity contribution in [2.45, 2.75) is 33.1 Å². The third-order valence-electron chi connectivity index (χ3n) is 4.73. The topological polar surface area (TPSA) is 63.9 Å². The van der Waals surface area contributed by atoms with Crippen LogP contribution >= 0.6 is 0 Å². The summed E-state index contributed by atoms with van der Waals surface area (Å²) in [6.45, 7) is 5.04. The highest BCUT2D eigenvalue weighted by atomic mass is 16.5. The maximum absolute atomic E-state index is 5.68. The zero-order valence-electron chi connectivity index (χ0n) is 14.6. The van der Waals surface area contributed by atoms with Gasteiger partial charge in [0.1, 0.15) is 0 Å². The number of methoxy groups -OCH3 is 1. The molecule has 2 aromatic heterocycles. The molecule has 4 heteroatoms. The monoisotopic (exact) mass is 323 g/mol. The van der Waals surface area contributed by atoms with E-state index in [4.69, 9.17) is 10.5 Å². The van der Waals surface area contributed by atoms with E-state index in [0.717, 1.165) is 37.1 Å². The fourth-order valence-corrected chi connectivity index (χ4v) is 3.24. The zero-order chi connectivity index (χ0) is 17.1. The molecule has 0 unspecified atom stereocenters. The van der Waals surface area contributed by atoms with Crippen molar-refractivity contribution in [3.63, 3.8) is 0 Å². The summed E-state index contributed by atoms with van der Waals surface area (Å²) in [5.74, 6) is 0.651. The molecule has 3 aromatic rings. The Bertz CT molecular complexity index is 851. The minimum Gasteiger partial charge on any atom is -0.481 e. The number of ether oxygens (including phenoxy) is 1. The quantitative estimate of drug-likeness (QED) is 0.670. The number of aromatic nitrogens is 2. The van der Waals surface area contributed by atoms with Crippen molar-refractivity contribution in [1.29, 1.82) is 0 Å². The van der Waals surface area contributed by atoms with E-state index in [9.17, 15) is 0 Å². The number of hydrogen-bond donors (Lipinski definition) is 2. The highest BCUT2D eigenvalue weighted by molar-refractivity contribution is 5.94. The maximum Gasteiger partial charge on any atom is 0.222 e. The zero-order valence-corrected chi connectivity index (χ0v) is 14.6. The lowest BCUT2D eigenvalue weighted by molar-refractivity contribution is 0.399. The number of aryl methyl sites for hydroxylation is 3. The first-order chi connectivity index (χ1) is 11.7. The van der Waals surface area contributed by atoms with Gasteiger partial charge in [-0.15, -0.1) is 0 Å². The van der Waals surface area contributed by atoms with Crippen molar-refractivity contribution in [3.8, 4) is 17.1 Å². The molecule has 0 radical (unpaired) electrons. The second kappa shape index (κ2) is 7.05.